The van der Waals surface area contributed by atoms with E-state index in [0.717, 1.165) is 11.4 Å². The minimum absolute atomic E-state index is 0.268. The smallest absolute Gasteiger partial charge is 0.0897 e. The Morgan fingerprint density at radius 3 is 3.07 bits per heavy atom. The Morgan fingerprint density at radius 2 is 2.47 bits per heavy atom. The maximum absolute atomic E-state index is 6.22. The number of thioether (sulfide) groups is 2. The minimum atomic E-state index is 0.268. The van der Waals surface area contributed by atoms with E-state index >= 15 is 0 Å². The molecule has 2 unspecified atom stereocenters. The van der Waals surface area contributed by atoms with Crippen LogP contribution in [-0.4, -0.2) is 33.5 Å². The number of rotatable bonds is 3. The molecule has 2 heterocycles. The van der Waals surface area contributed by atoms with Crippen LogP contribution in [0.1, 0.15) is 10.7 Å². The minimum Gasteiger partial charge on any atom is -0.326 e. The van der Waals surface area contributed by atoms with E-state index in [1.807, 2.05) is 30.4 Å². The highest BCUT2D eigenvalue weighted by Crippen LogP contribution is 2.27. The highest BCUT2D eigenvalue weighted by atomic mass is 32.2. The van der Waals surface area contributed by atoms with Gasteiger partial charge in [0.25, 0.3) is 0 Å². The molecular formula is C10H16N2S3. The maximum atomic E-state index is 6.22. The molecule has 0 spiro atoms. The average Bonchev–Trinajstić information content (AvgIpc) is 2.65. The number of hydrogen-bond donors (Lipinski definition) is 1. The van der Waals surface area contributed by atoms with E-state index in [2.05, 4.69) is 10.4 Å². The van der Waals surface area contributed by atoms with E-state index in [0.29, 0.717) is 5.25 Å². The van der Waals surface area contributed by atoms with Crippen LogP contribution in [0.2, 0.25) is 0 Å². The van der Waals surface area contributed by atoms with Crippen LogP contribution >= 0.6 is 34.9 Å². The molecule has 0 amide bonds. The molecule has 2 nitrogen and oxygen atoms in total. The largest absolute Gasteiger partial charge is 0.326 e. The molecule has 2 N–H and O–H groups in total. The second kappa shape index (κ2) is 5.57. The van der Waals surface area contributed by atoms with Crippen molar-refractivity contribution in [2.24, 2.45) is 5.73 Å². The van der Waals surface area contributed by atoms with Crippen LogP contribution in [-0.2, 0) is 6.42 Å². The summed E-state index contributed by atoms with van der Waals surface area (Å²) in [5, 5.41) is 3.89. The van der Waals surface area contributed by atoms with Crippen molar-refractivity contribution in [3.05, 3.63) is 16.1 Å². The van der Waals surface area contributed by atoms with Crippen molar-refractivity contribution in [1.29, 1.82) is 0 Å². The zero-order chi connectivity index (χ0) is 10.7. The maximum Gasteiger partial charge on any atom is 0.0897 e. The van der Waals surface area contributed by atoms with Crippen molar-refractivity contribution in [3.63, 3.8) is 0 Å². The van der Waals surface area contributed by atoms with Gasteiger partial charge >= 0.3 is 0 Å². The Labute approximate surface area is 103 Å². The molecule has 0 aromatic carbocycles. The van der Waals surface area contributed by atoms with E-state index in [1.165, 1.54) is 23.0 Å². The third kappa shape index (κ3) is 3.37. The first-order valence-corrected chi connectivity index (χ1v) is 8.20. The zero-order valence-electron chi connectivity index (χ0n) is 8.81. The fourth-order valence-electron chi connectivity index (χ4n) is 1.63. The van der Waals surface area contributed by atoms with Gasteiger partial charge in [-0.05, 0) is 6.92 Å². The van der Waals surface area contributed by atoms with Crippen LogP contribution in [0.4, 0.5) is 0 Å². The highest BCUT2D eigenvalue weighted by molar-refractivity contribution is 8.06. The Bertz CT molecular complexity index is 307. The summed E-state index contributed by atoms with van der Waals surface area (Å²) in [6, 6.07) is 0.268. The Kier molecular flexibility index (Phi) is 4.37. The van der Waals surface area contributed by atoms with Gasteiger partial charge < -0.3 is 5.73 Å². The fraction of sp³-hybridized carbons (Fsp3) is 0.700. The summed E-state index contributed by atoms with van der Waals surface area (Å²) in [5.41, 5.74) is 7.39. The molecule has 1 aromatic rings. The fourth-order valence-corrected chi connectivity index (χ4v) is 5.08. The first kappa shape index (κ1) is 11.8. The summed E-state index contributed by atoms with van der Waals surface area (Å²) in [5.74, 6) is 3.73. The molecule has 0 bridgehead atoms. The second-order valence-electron chi connectivity index (χ2n) is 3.71. The van der Waals surface area contributed by atoms with Crippen molar-refractivity contribution in [3.8, 4) is 0 Å². The Morgan fingerprint density at radius 1 is 1.60 bits per heavy atom. The van der Waals surface area contributed by atoms with E-state index in [9.17, 15) is 0 Å². The van der Waals surface area contributed by atoms with Crippen molar-refractivity contribution >= 4 is 34.9 Å². The normalized spacial score (nSPS) is 24.0. The number of nitrogens with two attached hydrogens (primary N) is 1. The summed E-state index contributed by atoms with van der Waals surface area (Å²) >= 11 is 5.77. The monoisotopic (exact) mass is 260 g/mol. The summed E-state index contributed by atoms with van der Waals surface area (Å²) < 4.78 is 0. The van der Waals surface area contributed by atoms with E-state index in [-0.39, 0.29) is 6.04 Å². The van der Waals surface area contributed by atoms with Gasteiger partial charge in [-0.3, -0.25) is 0 Å². The van der Waals surface area contributed by atoms with Gasteiger partial charge in [-0.15, -0.1) is 11.3 Å². The van der Waals surface area contributed by atoms with Gasteiger partial charge in [0.1, 0.15) is 0 Å². The van der Waals surface area contributed by atoms with Gasteiger partial charge in [0.05, 0.1) is 10.7 Å². The van der Waals surface area contributed by atoms with E-state index in [1.54, 1.807) is 11.3 Å². The number of aromatic nitrogens is 1. The summed E-state index contributed by atoms with van der Waals surface area (Å²) in [6.07, 6.45) is 0.933. The number of aryl methyl sites for hydroxylation is 1. The third-order valence-corrected chi connectivity index (χ3v) is 6.19. The first-order chi connectivity index (χ1) is 7.25. The van der Waals surface area contributed by atoms with Crippen LogP contribution in [0, 0.1) is 6.92 Å². The van der Waals surface area contributed by atoms with Gasteiger partial charge in [0.15, 0.2) is 0 Å². The number of hydrogen-bond acceptors (Lipinski definition) is 5. The van der Waals surface area contributed by atoms with Crippen molar-refractivity contribution in [2.75, 3.05) is 17.3 Å². The van der Waals surface area contributed by atoms with Gasteiger partial charge in [-0.1, -0.05) is 0 Å². The predicted molar refractivity (Wildman–Crippen MR) is 72.1 cm³/mol. The topological polar surface area (TPSA) is 38.9 Å². The van der Waals surface area contributed by atoms with E-state index < -0.39 is 0 Å². The van der Waals surface area contributed by atoms with Gasteiger partial charge in [0, 0.05) is 40.4 Å². The highest BCUT2D eigenvalue weighted by Gasteiger charge is 2.22. The quantitative estimate of drug-likeness (QED) is 0.904. The molecule has 1 aromatic heterocycles. The Hall–Kier alpha value is 0.290. The molecule has 0 aliphatic carbocycles. The summed E-state index contributed by atoms with van der Waals surface area (Å²) in [7, 11) is 0. The van der Waals surface area contributed by atoms with E-state index in [4.69, 9.17) is 5.73 Å². The lowest BCUT2D eigenvalue weighted by molar-refractivity contribution is 0.655. The molecule has 1 saturated heterocycles. The van der Waals surface area contributed by atoms with Crippen molar-refractivity contribution < 1.29 is 0 Å². The van der Waals surface area contributed by atoms with Crippen LogP contribution in [0.25, 0.3) is 0 Å². The van der Waals surface area contributed by atoms with Crippen LogP contribution < -0.4 is 5.73 Å². The SMILES string of the molecule is Cc1nc(CC(N)C2CSCCS2)cs1. The predicted octanol–water partition coefficient (Wildman–Crippen LogP) is 2.17. The third-order valence-electron chi connectivity index (χ3n) is 2.43. The lowest BCUT2D eigenvalue weighted by Gasteiger charge is -2.26. The Balaban J connectivity index is 1.88. The van der Waals surface area contributed by atoms with Crippen LogP contribution in [0.15, 0.2) is 5.38 Å². The first-order valence-electron chi connectivity index (χ1n) is 5.11. The molecule has 15 heavy (non-hydrogen) atoms. The molecule has 84 valence electrons. The zero-order valence-corrected chi connectivity index (χ0v) is 11.3. The lowest BCUT2D eigenvalue weighted by Crippen LogP contribution is -2.38. The molecule has 0 saturated carbocycles. The molecule has 1 fully saturated rings. The van der Waals surface area contributed by atoms with Crippen LogP contribution in [0.5, 0.6) is 0 Å². The number of thiazole rings is 1. The average molecular weight is 260 g/mol. The molecule has 1 aliphatic heterocycles. The van der Waals surface area contributed by atoms with Crippen molar-refractivity contribution in [2.45, 2.75) is 24.6 Å². The summed E-state index contributed by atoms with van der Waals surface area (Å²) in [6.45, 7) is 2.05. The summed E-state index contributed by atoms with van der Waals surface area (Å²) in [4.78, 5) is 4.47. The molecule has 2 atom stereocenters. The van der Waals surface area contributed by atoms with Crippen LogP contribution in [0.3, 0.4) is 0 Å². The molecule has 1 aliphatic rings. The van der Waals surface area contributed by atoms with Gasteiger partial charge in [-0.25, -0.2) is 4.98 Å². The van der Waals surface area contributed by atoms with Gasteiger partial charge in [0.2, 0.25) is 0 Å². The molecular weight excluding hydrogens is 244 g/mol. The van der Waals surface area contributed by atoms with Gasteiger partial charge in [-0.2, -0.15) is 23.5 Å². The molecule has 2 rings (SSSR count). The second-order valence-corrected chi connectivity index (χ2v) is 7.27. The standard InChI is InChI=1S/C10H16N2S3/c1-7-12-8(5-15-7)4-9(11)10-6-13-2-3-14-10/h5,9-10H,2-4,6,11H2,1H3. The molecule has 0 radical (unpaired) electrons. The number of nitrogens with zero attached hydrogens (tertiary/aromatic N) is 1. The van der Waals surface area contributed by atoms with Crippen molar-refractivity contribution in [1.82, 2.24) is 4.98 Å². The lowest BCUT2D eigenvalue weighted by atomic mass is 10.1. The molecule has 5 heteroatoms.